The summed E-state index contributed by atoms with van der Waals surface area (Å²) in [5, 5.41) is 23.2. The van der Waals surface area contributed by atoms with Gasteiger partial charge in [-0.1, -0.05) is 23.2 Å². The summed E-state index contributed by atoms with van der Waals surface area (Å²) in [6, 6.07) is 3.40. The van der Waals surface area contributed by atoms with Crippen molar-refractivity contribution in [3.05, 3.63) is 32.8 Å². The van der Waals surface area contributed by atoms with Gasteiger partial charge in [-0.05, 0) is 38.5 Å². The highest BCUT2D eigenvalue weighted by Crippen LogP contribution is 2.29. The SMILES string of the molecule is O=c1[nH]nc(Cl)cc1N1CCCCC1.OCCOc1nnc(Cl)cc1N1CCCCC1. The van der Waals surface area contributed by atoms with Gasteiger partial charge in [-0.2, -0.15) is 5.10 Å². The van der Waals surface area contributed by atoms with E-state index < -0.39 is 0 Å². The summed E-state index contributed by atoms with van der Waals surface area (Å²) < 4.78 is 5.37. The Morgan fingerprint density at radius 2 is 1.48 bits per heavy atom. The lowest BCUT2D eigenvalue weighted by Crippen LogP contribution is -2.34. The van der Waals surface area contributed by atoms with E-state index in [9.17, 15) is 4.79 Å². The maximum atomic E-state index is 11.5. The number of piperidine rings is 2. The number of hydrogen-bond acceptors (Lipinski definition) is 8. The van der Waals surface area contributed by atoms with Crippen LogP contribution in [0.3, 0.4) is 0 Å². The third-order valence-electron chi connectivity index (χ3n) is 5.19. The smallest absolute Gasteiger partial charge is 0.287 e. The number of aliphatic hydroxyl groups is 1. The van der Waals surface area contributed by atoms with Gasteiger partial charge >= 0.3 is 0 Å². The molecule has 9 nitrogen and oxygen atoms in total. The number of nitrogens with one attached hydrogen (secondary N) is 1. The molecule has 0 aromatic carbocycles. The van der Waals surface area contributed by atoms with Crippen LogP contribution in [-0.2, 0) is 0 Å². The molecule has 2 aromatic heterocycles. The zero-order valence-corrected chi connectivity index (χ0v) is 18.9. The Kier molecular flexibility index (Phi) is 9.17. The number of halogens is 2. The Labute approximate surface area is 191 Å². The van der Waals surface area contributed by atoms with Crippen LogP contribution in [0.4, 0.5) is 11.4 Å². The molecular weight excluding hydrogens is 443 g/mol. The second-order valence-electron chi connectivity index (χ2n) is 7.43. The Bertz CT molecular complexity index is 885. The lowest BCUT2D eigenvalue weighted by atomic mass is 10.1. The van der Waals surface area contributed by atoms with Crippen molar-refractivity contribution in [2.24, 2.45) is 0 Å². The average Bonchev–Trinajstić information content (AvgIpc) is 2.81. The summed E-state index contributed by atoms with van der Waals surface area (Å²) in [6.45, 7) is 4.02. The fraction of sp³-hybridized carbons (Fsp3) is 0.600. The van der Waals surface area contributed by atoms with E-state index in [0.29, 0.717) is 21.9 Å². The Morgan fingerprint density at radius 1 is 0.903 bits per heavy atom. The molecule has 2 aromatic rings. The quantitative estimate of drug-likeness (QED) is 0.686. The van der Waals surface area contributed by atoms with Crippen molar-refractivity contribution < 1.29 is 9.84 Å². The molecule has 0 radical (unpaired) electrons. The summed E-state index contributed by atoms with van der Waals surface area (Å²) in [7, 11) is 0. The molecule has 2 saturated heterocycles. The first-order valence-corrected chi connectivity index (χ1v) is 11.4. The Morgan fingerprint density at radius 3 is 2.10 bits per heavy atom. The van der Waals surface area contributed by atoms with Gasteiger partial charge in [0.15, 0.2) is 10.3 Å². The number of aliphatic hydroxyl groups excluding tert-OH is 1. The molecule has 2 N–H and O–H groups in total. The minimum Gasteiger partial charge on any atom is -0.473 e. The molecule has 2 aliphatic rings. The van der Waals surface area contributed by atoms with E-state index in [2.05, 4.69) is 30.2 Å². The number of rotatable bonds is 5. The van der Waals surface area contributed by atoms with Crippen molar-refractivity contribution in [2.75, 3.05) is 49.2 Å². The van der Waals surface area contributed by atoms with Crippen molar-refractivity contribution in [2.45, 2.75) is 38.5 Å². The number of H-pyrrole nitrogens is 1. The Balaban J connectivity index is 0.000000179. The van der Waals surface area contributed by atoms with Gasteiger partial charge in [0.1, 0.15) is 18.0 Å². The van der Waals surface area contributed by atoms with Gasteiger partial charge in [-0.15, -0.1) is 10.2 Å². The van der Waals surface area contributed by atoms with Crippen LogP contribution in [-0.4, -0.2) is 64.9 Å². The largest absolute Gasteiger partial charge is 0.473 e. The van der Waals surface area contributed by atoms with Crippen molar-refractivity contribution in [1.29, 1.82) is 0 Å². The molecule has 4 heterocycles. The molecule has 0 aliphatic carbocycles. The maximum Gasteiger partial charge on any atom is 0.287 e. The summed E-state index contributed by atoms with van der Waals surface area (Å²) in [5.74, 6) is 0.449. The predicted octanol–water partition coefficient (Wildman–Crippen LogP) is 2.91. The normalized spacial score (nSPS) is 16.5. The molecule has 0 saturated carbocycles. The molecule has 11 heteroatoms. The highest BCUT2D eigenvalue weighted by molar-refractivity contribution is 6.29. The lowest BCUT2D eigenvalue weighted by molar-refractivity contribution is 0.195. The fourth-order valence-corrected chi connectivity index (χ4v) is 3.98. The molecule has 0 spiro atoms. The molecule has 0 unspecified atom stereocenters. The molecule has 0 amide bonds. The zero-order chi connectivity index (χ0) is 22.1. The van der Waals surface area contributed by atoms with Gasteiger partial charge in [0.05, 0.1) is 6.61 Å². The van der Waals surface area contributed by atoms with Crippen LogP contribution >= 0.6 is 23.2 Å². The van der Waals surface area contributed by atoms with Gasteiger partial charge in [0, 0.05) is 38.3 Å². The number of nitrogens with zero attached hydrogens (tertiary/aromatic N) is 5. The van der Waals surface area contributed by atoms with Crippen LogP contribution in [0.15, 0.2) is 16.9 Å². The molecular formula is C20H28Cl2N6O3. The van der Waals surface area contributed by atoms with Crippen molar-refractivity contribution >= 4 is 34.6 Å². The van der Waals surface area contributed by atoms with Crippen LogP contribution in [0.1, 0.15) is 38.5 Å². The minimum atomic E-state index is -0.156. The van der Waals surface area contributed by atoms with Gasteiger partial charge < -0.3 is 19.6 Å². The zero-order valence-electron chi connectivity index (χ0n) is 17.4. The predicted molar refractivity (Wildman–Crippen MR) is 122 cm³/mol. The van der Waals surface area contributed by atoms with E-state index in [4.69, 9.17) is 33.0 Å². The molecule has 170 valence electrons. The molecule has 0 bridgehead atoms. The second kappa shape index (κ2) is 12.1. The van der Waals surface area contributed by atoms with Gasteiger partial charge in [0.2, 0.25) is 0 Å². The Hall–Kier alpha value is -2.10. The van der Waals surface area contributed by atoms with Gasteiger partial charge in [-0.3, -0.25) is 4.79 Å². The van der Waals surface area contributed by atoms with Gasteiger partial charge in [-0.25, -0.2) is 5.10 Å². The molecule has 0 atom stereocenters. The van der Waals surface area contributed by atoms with E-state index in [-0.39, 0.29) is 18.8 Å². The van der Waals surface area contributed by atoms with E-state index in [1.165, 1.54) is 25.7 Å². The van der Waals surface area contributed by atoms with Crippen LogP contribution in [0.25, 0.3) is 0 Å². The van der Waals surface area contributed by atoms with Crippen LogP contribution in [0, 0.1) is 0 Å². The standard InChI is InChI=1S/C11H16ClN3O2.C9H12ClN3O/c12-10-8-9(15-4-2-1-3-5-15)11(14-13-10)17-7-6-16;10-8-6-7(9(14)12-11-8)13-4-2-1-3-5-13/h8,16H,1-7H2;6H,1-5H2,(H,12,14). The molecule has 31 heavy (non-hydrogen) atoms. The highest BCUT2D eigenvalue weighted by atomic mass is 35.5. The fourth-order valence-electron chi connectivity index (χ4n) is 3.70. The van der Waals surface area contributed by atoms with E-state index in [0.717, 1.165) is 44.7 Å². The highest BCUT2D eigenvalue weighted by Gasteiger charge is 2.18. The molecule has 4 rings (SSSR count). The van der Waals surface area contributed by atoms with Crippen LogP contribution in [0.5, 0.6) is 5.88 Å². The summed E-state index contributed by atoms with van der Waals surface area (Å²) in [4.78, 5) is 15.7. The minimum absolute atomic E-state index is 0.0379. The van der Waals surface area contributed by atoms with E-state index in [1.807, 2.05) is 0 Å². The van der Waals surface area contributed by atoms with Gasteiger partial charge in [0.25, 0.3) is 11.4 Å². The monoisotopic (exact) mass is 470 g/mol. The van der Waals surface area contributed by atoms with Crippen LogP contribution in [0.2, 0.25) is 10.3 Å². The first-order chi connectivity index (χ1) is 15.1. The van der Waals surface area contributed by atoms with Crippen LogP contribution < -0.4 is 20.1 Å². The third-order valence-corrected chi connectivity index (χ3v) is 5.57. The molecule has 2 aliphatic heterocycles. The summed E-state index contributed by atoms with van der Waals surface area (Å²) in [5.41, 5.74) is 1.36. The van der Waals surface area contributed by atoms with Crippen molar-refractivity contribution in [1.82, 2.24) is 20.4 Å². The first-order valence-electron chi connectivity index (χ1n) is 10.6. The number of ether oxygens (including phenoxy) is 1. The second-order valence-corrected chi connectivity index (χ2v) is 8.20. The van der Waals surface area contributed by atoms with E-state index >= 15 is 0 Å². The van der Waals surface area contributed by atoms with E-state index in [1.54, 1.807) is 12.1 Å². The summed E-state index contributed by atoms with van der Waals surface area (Å²) in [6.07, 6.45) is 7.11. The van der Waals surface area contributed by atoms with Crippen molar-refractivity contribution in [3.63, 3.8) is 0 Å². The first kappa shape index (κ1) is 23.6. The number of anilines is 2. The third kappa shape index (κ3) is 6.95. The average molecular weight is 471 g/mol. The summed E-state index contributed by atoms with van der Waals surface area (Å²) >= 11 is 11.6. The van der Waals surface area contributed by atoms with Crippen molar-refractivity contribution in [3.8, 4) is 5.88 Å². The molecule has 2 fully saturated rings. The maximum absolute atomic E-state index is 11.5. The topological polar surface area (TPSA) is 107 Å². The number of hydrogen-bond donors (Lipinski definition) is 2. The number of aromatic nitrogens is 4. The number of aromatic amines is 1. The lowest BCUT2D eigenvalue weighted by Gasteiger charge is -2.29.